The van der Waals surface area contributed by atoms with E-state index >= 15 is 0 Å². The second-order valence-electron chi connectivity index (χ2n) is 6.42. The third kappa shape index (κ3) is 3.19. The SMILES string of the molecule is O=C(NCc1cccs1)C1CN(C(=O)c2ccccc2)C2CCOC12. The van der Waals surface area contributed by atoms with E-state index in [2.05, 4.69) is 5.32 Å². The summed E-state index contributed by atoms with van der Waals surface area (Å²) in [6.07, 6.45) is 0.591. The number of carbonyl (C=O) groups is 2. The summed E-state index contributed by atoms with van der Waals surface area (Å²) in [5.74, 6) is -0.358. The fraction of sp³-hybridized carbons (Fsp3) is 0.368. The number of benzene rings is 1. The molecule has 2 fully saturated rings. The molecule has 0 aliphatic carbocycles. The van der Waals surface area contributed by atoms with E-state index < -0.39 is 0 Å². The molecule has 2 aromatic rings. The van der Waals surface area contributed by atoms with Crippen LogP contribution in [-0.4, -0.2) is 42.0 Å². The van der Waals surface area contributed by atoms with Gasteiger partial charge in [0, 0.05) is 23.6 Å². The van der Waals surface area contributed by atoms with Gasteiger partial charge in [-0.15, -0.1) is 11.3 Å². The van der Waals surface area contributed by atoms with Crippen LogP contribution >= 0.6 is 11.3 Å². The zero-order chi connectivity index (χ0) is 17.2. The van der Waals surface area contributed by atoms with Crippen molar-refractivity contribution in [1.82, 2.24) is 10.2 Å². The third-order valence-electron chi connectivity index (χ3n) is 4.93. The normalized spacial score (nSPS) is 25.0. The van der Waals surface area contributed by atoms with E-state index in [1.165, 1.54) is 0 Å². The smallest absolute Gasteiger partial charge is 0.254 e. The molecule has 2 aliphatic heterocycles. The number of fused-ring (bicyclic) bond motifs is 1. The van der Waals surface area contributed by atoms with Gasteiger partial charge in [0.2, 0.25) is 5.91 Å². The van der Waals surface area contributed by atoms with E-state index in [1.807, 2.05) is 52.7 Å². The number of likely N-dealkylation sites (tertiary alicyclic amines) is 1. The van der Waals surface area contributed by atoms with Crippen molar-refractivity contribution in [3.63, 3.8) is 0 Å². The lowest BCUT2D eigenvalue weighted by molar-refractivity contribution is -0.127. The second-order valence-corrected chi connectivity index (χ2v) is 7.45. The van der Waals surface area contributed by atoms with Gasteiger partial charge >= 0.3 is 0 Å². The zero-order valence-electron chi connectivity index (χ0n) is 13.8. The van der Waals surface area contributed by atoms with Gasteiger partial charge < -0.3 is 15.0 Å². The Bertz CT molecular complexity index is 747. The summed E-state index contributed by atoms with van der Waals surface area (Å²) in [6, 6.07) is 13.2. The lowest BCUT2D eigenvalue weighted by atomic mass is 10.0. The maximum absolute atomic E-state index is 12.8. The molecule has 3 unspecified atom stereocenters. The Morgan fingerprint density at radius 1 is 1.20 bits per heavy atom. The molecule has 1 N–H and O–H groups in total. The van der Waals surface area contributed by atoms with Crippen molar-refractivity contribution in [2.45, 2.75) is 25.1 Å². The Labute approximate surface area is 150 Å². The number of thiophene rings is 1. The molecule has 2 amide bonds. The Kier molecular flexibility index (Phi) is 4.55. The van der Waals surface area contributed by atoms with Gasteiger partial charge in [-0.25, -0.2) is 0 Å². The molecule has 1 aromatic heterocycles. The first kappa shape index (κ1) is 16.3. The topological polar surface area (TPSA) is 58.6 Å². The molecule has 0 bridgehead atoms. The predicted octanol–water partition coefficient (Wildman–Crippen LogP) is 2.29. The van der Waals surface area contributed by atoms with Gasteiger partial charge in [-0.3, -0.25) is 9.59 Å². The van der Waals surface area contributed by atoms with Crippen molar-refractivity contribution in [2.75, 3.05) is 13.2 Å². The average molecular weight is 356 g/mol. The molecule has 2 saturated heterocycles. The van der Waals surface area contributed by atoms with E-state index in [4.69, 9.17) is 4.74 Å². The van der Waals surface area contributed by atoms with Gasteiger partial charge in [-0.1, -0.05) is 24.3 Å². The Balaban J connectivity index is 1.47. The van der Waals surface area contributed by atoms with Gasteiger partial charge in [-0.2, -0.15) is 0 Å². The van der Waals surface area contributed by atoms with Crippen LogP contribution in [0.3, 0.4) is 0 Å². The van der Waals surface area contributed by atoms with E-state index in [0.717, 1.165) is 11.3 Å². The van der Waals surface area contributed by atoms with Gasteiger partial charge in [-0.05, 0) is 30.0 Å². The Hall–Kier alpha value is -2.18. The quantitative estimate of drug-likeness (QED) is 0.914. The average Bonchev–Trinajstić information content (AvgIpc) is 3.37. The van der Waals surface area contributed by atoms with Crippen molar-refractivity contribution < 1.29 is 14.3 Å². The molecular formula is C19H20N2O3S. The summed E-state index contributed by atoms with van der Waals surface area (Å²) < 4.78 is 5.81. The van der Waals surface area contributed by atoms with Crippen LogP contribution in [0.2, 0.25) is 0 Å². The Morgan fingerprint density at radius 3 is 2.80 bits per heavy atom. The van der Waals surface area contributed by atoms with E-state index in [1.54, 1.807) is 11.3 Å². The molecule has 2 aliphatic rings. The van der Waals surface area contributed by atoms with Crippen LogP contribution in [0, 0.1) is 5.92 Å². The first-order valence-electron chi connectivity index (χ1n) is 8.52. The first-order chi connectivity index (χ1) is 12.2. The van der Waals surface area contributed by atoms with Crippen molar-refractivity contribution in [1.29, 1.82) is 0 Å². The lowest BCUT2D eigenvalue weighted by Gasteiger charge is -2.22. The summed E-state index contributed by atoms with van der Waals surface area (Å²) in [7, 11) is 0. The van der Waals surface area contributed by atoms with Crippen molar-refractivity contribution in [2.24, 2.45) is 5.92 Å². The maximum Gasteiger partial charge on any atom is 0.254 e. The summed E-state index contributed by atoms with van der Waals surface area (Å²) in [5, 5.41) is 4.99. The standard InChI is InChI=1S/C19H20N2O3S/c22-18(20-11-14-7-4-10-25-14)15-12-21(16-8-9-24-17(15)16)19(23)13-5-2-1-3-6-13/h1-7,10,15-17H,8-9,11-12H2,(H,20,22). The highest BCUT2D eigenvalue weighted by Crippen LogP contribution is 2.34. The van der Waals surface area contributed by atoms with Crippen LogP contribution in [0.25, 0.3) is 0 Å². The molecule has 25 heavy (non-hydrogen) atoms. The van der Waals surface area contributed by atoms with Crippen molar-refractivity contribution in [3.8, 4) is 0 Å². The minimum Gasteiger partial charge on any atom is -0.375 e. The molecular weight excluding hydrogens is 336 g/mol. The zero-order valence-corrected chi connectivity index (χ0v) is 14.6. The number of nitrogens with zero attached hydrogens (tertiary/aromatic N) is 1. The molecule has 3 atom stereocenters. The molecule has 4 rings (SSSR count). The molecule has 3 heterocycles. The highest BCUT2D eigenvalue weighted by molar-refractivity contribution is 7.09. The molecule has 6 heteroatoms. The van der Waals surface area contributed by atoms with E-state index in [9.17, 15) is 9.59 Å². The van der Waals surface area contributed by atoms with Gasteiger partial charge in [0.05, 0.1) is 24.6 Å². The maximum atomic E-state index is 12.8. The second kappa shape index (κ2) is 6.98. The molecule has 0 spiro atoms. The van der Waals surface area contributed by atoms with E-state index in [0.29, 0.717) is 25.3 Å². The monoisotopic (exact) mass is 356 g/mol. The van der Waals surface area contributed by atoms with Gasteiger partial charge in [0.15, 0.2) is 0 Å². The predicted molar refractivity (Wildman–Crippen MR) is 95.3 cm³/mol. The van der Waals surface area contributed by atoms with Crippen LogP contribution in [0.15, 0.2) is 47.8 Å². The summed E-state index contributed by atoms with van der Waals surface area (Å²) in [6.45, 7) is 1.54. The number of nitrogens with one attached hydrogen (secondary N) is 1. The molecule has 5 nitrogen and oxygen atoms in total. The number of ether oxygens (including phenoxy) is 1. The third-order valence-corrected chi connectivity index (χ3v) is 5.81. The van der Waals surface area contributed by atoms with Crippen LogP contribution in [0.5, 0.6) is 0 Å². The molecule has 1 aromatic carbocycles. The van der Waals surface area contributed by atoms with Crippen LogP contribution in [0.1, 0.15) is 21.7 Å². The first-order valence-corrected chi connectivity index (χ1v) is 9.40. The summed E-state index contributed by atoms with van der Waals surface area (Å²) in [5.41, 5.74) is 0.660. The summed E-state index contributed by atoms with van der Waals surface area (Å²) >= 11 is 1.62. The van der Waals surface area contributed by atoms with Crippen LogP contribution in [0.4, 0.5) is 0 Å². The highest BCUT2D eigenvalue weighted by Gasteiger charge is 2.50. The van der Waals surface area contributed by atoms with Crippen LogP contribution < -0.4 is 5.32 Å². The van der Waals surface area contributed by atoms with Crippen LogP contribution in [-0.2, 0) is 16.1 Å². The summed E-state index contributed by atoms with van der Waals surface area (Å²) in [4.78, 5) is 28.4. The number of hydrogen-bond acceptors (Lipinski definition) is 4. The number of carbonyl (C=O) groups excluding carboxylic acids is 2. The lowest BCUT2D eigenvalue weighted by Crippen LogP contribution is -2.37. The highest BCUT2D eigenvalue weighted by atomic mass is 32.1. The van der Waals surface area contributed by atoms with Gasteiger partial charge in [0.25, 0.3) is 5.91 Å². The fourth-order valence-electron chi connectivity index (χ4n) is 3.70. The van der Waals surface area contributed by atoms with Crippen molar-refractivity contribution in [3.05, 3.63) is 58.3 Å². The minimum absolute atomic E-state index is 0.00908. The van der Waals surface area contributed by atoms with Gasteiger partial charge in [0.1, 0.15) is 0 Å². The number of hydrogen-bond donors (Lipinski definition) is 1. The Morgan fingerprint density at radius 2 is 2.04 bits per heavy atom. The van der Waals surface area contributed by atoms with Crippen molar-refractivity contribution >= 4 is 23.2 Å². The largest absolute Gasteiger partial charge is 0.375 e. The minimum atomic E-state index is -0.305. The fourth-order valence-corrected chi connectivity index (χ4v) is 4.34. The van der Waals surface area contributed by atoms with E-state index in [-0.39, 0.29) is 29.9 Å². The molecule has 0 radical (unpaired) electrons. The number of rotatable bonds is 4. The molecule has 0 saturated carbocycles. The molecule has 130 valence electrons. The number of amides is 2.